The summed E-state index contributed by atoms with van der Waals surface area (Å²) in [5.41, 5.74) is 0. The van der Waals surface area contributed by atoms with Crippen LogP contribution < -0.4 is 0 Å². The van der Waals surface area contributed by atoms with Gasteiger partial charge in [0.2, 0.25) is 0 Å². The largest absolute Gasteiger partial charge is 0.433 e. The third-order valence-electron chi connectivity index (χ3n) is 2.12. The molecule has 1 amide bonds. The molecule has 18 heavy (non-hydrogen) atoms. The van der Waals surface area contributed by atoms with Crippen molar-refractivity contribution in [1.82, 2.24) is 4.90 Å². The molecule has 7 nitrogen and oxygen atoms in total. The number of halogens is 1. The highest BCUT2D eigenvalue weighted by atomic mass is 79.9. The van der Waals surface area contributed by atoms with Gasteiger partial charge in [-0.3, -0.25) is 14.9 Å². The quantitative estimate of drug-likeness (QED) is 0.330. The first-order valence-corrected chi connectivity index (χ1v) is 6.31. The Labute approximate surface area is 112 Å². The van der Waals surface area contributed by atoms with Crippen molar-refractivity contribution < 1.29 is 18.9 Å². The van der Waals surface area contributed by atoms with Gasteiger partial charge in [-0.05, 0) is 6.07 Å². The van der Waals surface area contributed by atoms with Crippen molar-refractivity contribution in [3.05, 3.63) is 28.0 Å². The van der Waals surface area contributed by atoms with Gasteiger partial charge in [-0.1, -0.05) is 15.9 Å². The van der Waals surface area contributed by atoms with Gasteiger partial charge >= 0.3 is 5.88 Å². The molecule has 100 valence electrons. The second kappa shape index (κ2) is 7.12. The summed E-state index contributed by atoms with van der Waals surface area (Å²) < 4.78 is 10.0. The zero-order chi connectivity index (χ0) is 13.5. The summed E-state index contributed by atoms with van der Waals surface area (Å²) in [6, 6.07) is 2.44. The molecule has 0 aliphatic carbocycles. The predicted molar refractivity (Wildman–Crippen MR) is 66.9 cm³/mol. The van der Waals surface area contributed by atoms with E-state index in [-0.39, 0.29) is 5.76 Å². The van der Waals surface area contributed by atoms with Crippen molar-refractivity contribution in [3.8, 4) is 0 Å². The number of ether oxygens (including phenoxy) is 1. The smallest absolute Gasteiger partial charge is 0.395 e. The fourth-order valence-electron chi connectivity index (χ4n) is 1.19. The normalized spacial score (nSPS) is 10.3. The minimum absolute atomic E-state index is 0.0512. The monoisotopic (exact) mass is 320 g/mol. The molecule has 0 saturated heterocycles. The van der Waals surface area contributed by atoms with Crippen molar-refractivity contribution in [2.24, 2.45) is 0 Å². The van der Waals surface area contributed by atoms with E-state index >= 15 is 0 Å². The molecule has 1 aromatic heterocycles. The van der Waals surface area contributed by atoms with Crippen LogP contribution in [0.4, 0.5) is 5.88 Å². The van der Waals surface area contributed by atoms with Crippen molar-refractivity contribution in [1.29, 1.82) is 0 Å². The number of alkyl halides is 1. The minimum Gasteiger partial charge on any atom is -0.395 e. The fourth-order valence-corrected chi connectivity index (χ4v) is 1.42. The molecular weight excluding hydrogens is 308 g/mol. The van der Waals surface area contributed by atoms with Gasteiger partial charge in [0, 0.05) is 18.9 Å². The Morgan fingerprint density at radius 2 is 2.28 bits per heavy atom. The van der Waals surface area contributed by atoms with E-state index in [4.69, 9.17) is 9.15 Å². The van der Waals surface area contributed by atoms with Crippen LogP contribution in [0.15, 0.2) is 16.5 Å². The van der Waals surface area contributed by atoms with Crippen LogP contribution >= 0.6 is 15.9 Å². The van der Waals surface area contributed by atoms with Crippen LogP contribution in [-0.2, 0) is 4.74 Å². The van der Waals surface area contributed by atoms with Gasteiger partial charge in [0.1, 0.15) is 4.92 Å². The molecule has 0 N–H and O–H groups in total. The van der Waals surface area contributed by atoms with Gasteiger partial charge in [0.15, 0.2) is 5.76 Å². The number of amides is 1. The molecule has 0 unspecified atom stereocenters. The first kappa shape index (κ1) is 14.7. The lowest BCUT2D eigenvalue weighted by atomic mass is 10.4. The van der Waals surface area contributed by atoms with Gasteiger partial charge < -0.3 is 14.1 Å². The Balaban J connectivity index is 2.49. The Kier molecular flexibility index (Phi) is 5.79. The highest BCUT2D eigenvalue weighted by molar-refractivity contribution is 9.09. The summed E-state index contributed by atoms with van der Waals surface area (Å²) in [5.74, 6) is -0.905. The summed E-state index contributed by atoms with van der Waals surface area (Å²) in [5, 5.41) is 11.1. The maximum atomic E-state index is 11.8. The Hall–Kier alpha value is -1.41. The van der Waals surface area contributed by atoms with E-state index in [2.05, 4.69) is 15.9 Å². The summed E-state index contributed by atoms with van der Waals surface area (Å²) in [4.78, 5) is 22.9. The van der Waals surface area contributed by atoms with E-state index in [0.717, 1.165) is 11.4 Å². The lowest BCUT2D eigenvalue weighted by molar-refractivity contribution is -0.402. The highest BCUT2D eigenvalue weighted by Gasteiger charge is 2.19. The van der Waals surface area contributed by atoms with E-state index in [1.807, 2.05) is 0 Å². The molecule has 8 heteroatoms. The molecule has 0 radical (unpaired) electrons. The number of nitrogens with zero attached hydrogens (tertiary/aromatic N) is 2. The van der Waals surface area contributed by atoms with Gasteiger partial charge in [0.05, 0.1) is 19.3 Å². The maximum absolute atomic E-state index is 11.8. The molecular formula is C10H13BrN2O5. The standard InChI is InChI=1S/C10H13BrN2O5/c1-12(5-7-17-6-4-11)10(14)8-2-3-9(18-8)13(15)16/h2-3H,4-7H2,1H3. The number of likely N-dealkylation sites (N-methyl/N-ethyl adjacent to an activating group) is 1. The zero-order valence-electron chi connectivity index (χ0n) is 9.80. The summed E-state index contributed by atoms with van der Waals surface area (Å²) in [6.45, 7) is 1.35. The molecule has 1 aromatic rings. The maximum Gasteiger partial charge on any atom is 0.433 e. The molecule has 0 aromatic carbocycles. The molecule has 0 aliphatic heterocycles. The third-order valence-corrected chi connectivity index (χ3v) is 2.45. The molecule has 0 atom stereocenters. The number of carbonyl (C=O) groups is 1. The van der Waals surface area contributed by atoms with Crippen molar-refractivity contribution >= 4 is 27.7 Å². The van der Waals surface area contributed by atoms with Crippen molar-refractivity contribution in [3.63, 3.8) is 0 Å². The minimum atomic E-state index is -0.685. The van der Waals surface area contributed by atoms with Crippen LogP contribution in [0, 0.1) is 10.1 Å². The summed E-state index contributed by atoms with van der Waals surface area (Å²) in [7, 11) is 1.58. The number of rotatable bonds is 7. The van der Waals surface area contributed by atoms with E-state index in [1.54, 1.807) is 7.05 Å². The van der Waals surface area contributed by atoms with Crippen LogP contribution in [0.3, 0.4) is 0 Å². The van der Waals surface area contributed by atoms with Crippen LogP contribution in [0.1, 0.15) is 10.6 Å². The predicted octanol–water partition coefficient (Wildman–Crippen LogP) is 1.67. The summed E-state index contributed by atoms with van der Waals surface area (Å²) >= 11 is 3.21. The SMILES string of the molecule is CN(CCOCCBr)C(=O)c1ccc([N+](=O)[O-])o1. The van der Waals surface area contributed by atoms with Gasteiger partial charge in [-0.25, -0.2) is 0 Å². The van der Waals surface area contributed by atoms with E-state index in [9.17, 15) is 14.9 Å². The van der Waals surface area contributed by atoms with Crippen molar-refractivity contribution in [2.45, 2.75) is 0 Å². The second-order valence-electron chi connectivity index (χ2n) is 3.42. The number of hydrogen-bond donors (Lipinski definition) is 0. The number of nitro groups is 1. The average molecular weight is 321 g/mol. The van der Waals surface area contributed by atoms with Crippen LogP contribution in [0.5, 0.6) is 0 Å². The molecule has 1 rings (SSSR count). The zero-order valence-corrected chi connectivity index (χ0v) is 11.4. The van der Waals surface area contributed by atoms with Crippen LogP contribution in [-0.4, -0.2) is 47.9 Å². The number of carbonyl (C=O) groups excluding carboxylic acids is 1. The molecule has 1 heterocycles. The van der Waals surface area contributed by atoms with Crippen LogP contribution in [0.2, 0.25) is 0 Å². The van der Waals surface area contributed by atoms with Gasteiger partial charge in [-0.15, -0.1) is 0 Å². The molecule has 0 bridgehead atoms. The molecule has 0 aliphatic rings. The highest BCUT2D eigenvalue weighted by Crippen LogP contribution is 2.16. The van der Waals surface area contributed by atoms with E-state index in [1.165, 1.54) is 11.0 Å². The van der Waals surface area contributed by atoms with Crippen LogP contribution in [0.25, 0.3) is 0 Å². The summed E-state index contributed by atoms with van der Waals surface area (Å²) in [6.07, 6.45) is 0. The second-order valence-corrected chi connectivity index (χ2v) is 4.22. The third kappa shape index (κ3) is 4.11. The fraction of sp³-hybridized carbons (Fsp3) is 0.500. The molecule has 0 spiro atoms. The Morgan fingerprint density at radius 1 is 1.56 bits per heavy atom. The first-order chi connectivity index (χ1) is 8.56. The number of furan rings is 1. The van der Waals surface area contributed by atoms with E-state index in [0.29, 0.717) is 19.8 Å². The molecule has 0 saturated carbocycles. The molecule has 0 fully saturated rings. The number of hydrogen-bond acceptors (Lipinski definition) is 5. The lowest BCUT2D eigenvalue weighted by Gasteiger charge is -2.15. The first-order valence-electron chi connectivity index (χ1n) is 5.19. The topological polar surface area (TPSA) is 85.8 Å². The van der Waals surface area contributed by atoms with Gasteiger partial charge in [-0.2, -0.15) is 0 Å². The van der Waals surface area contributed by atoms with Crippen molar-refractivity contribution in [2.75, 3.05) is 32.1 Å². The van der Waals surface area contributed by atoms with E-state index < -0.39 is 16.7 Å². The van der Waals surface area contributed by atoms with Gasteiger partial charge in [0.25, 0.3) is 5.91 Å². The lowest BCUT2D eigenvalue weighted by Crippen LogP contribution is -2.30. The average Bonchev–Trinajstić information content (AvgIpc) is 2.83. The Bertz CT molecular complexity index is 420. The Morgan fingerprint density at radius 3 is 2.83 bits per heavy atom.